The highest BCUT2D eigenvalue weighted by atomic mass is 16.5. The molecule has 88 valence electrons. The van der Waals surface area contributed by atoms with Crippen LogP contribution in [-0.2, 0) is 11.2 Å². The van der Waals surface area contributed by atoms with Gasteiger partial charge >= 0.3 is 0 Å². The molecule has 0 saturated heterocycles. The van der Waals surface area contributed by atoms with Gasteiger partial charge in [0.15, 0.2) is 0 Å². The van der Waals surface area contributed by atoms with E-state index in [1.807, 2.05) is 24.3 Å². The van der Waals surface area contributed by atoms with Gasteiger partial charge in [-0.25, -0.2) is 0 Å². The van der Waals surface area contributed by atoms with Crippen LogP contribution in [0.15, 0.2) is 24.3 Å². The predicted molar refractivity (Wildman–Crippen MR) is 65.8 cm³/mol. The van der Waals surface area contributed by atoms with Crippen molar-refractivity contribution < 1.29 is 9.53 Å². The maximum atomic E-state index is 10.9. The number of carbonyl (C=O) groups excluding carboxylic acids is 1. The molecule has 0 spiro atoms. The highest BCUT2D eigenvalue weighted by molar-refractivity contribution is 5.75. The van der Waals surface area contributed by atoms with E-state index in [9.17, 15) is 4.79 Å². The maximum absolute atomic E-state index is 10.9. The Labute approximate surface area is 97.6 Å². The van der Waals surface area contributed by atoms with Gasteiger partial charge in [-0.05, 0) is 31.4 Å². The molecule has 0 N–H and O–H groups in total. The van der Waals surface area contributed by atoms with Crippen LogP contribution in [0.4, 0.5) is 0 Å². The molecule has 0 radical (unpaired) electrons. The number of ether oxygens (including phenoxy) is 1. The monoisotopic (exact) mass is 220 g/mol. The average molecular weight is 220 g/mol. The molecular weight excluding hydrogens is 200 g/mol. The smallest absolute Gasteiger partial charge is 0.130 e. The fraction of sp³-hybridized carbons (Fsp3) is 0.500. The molecule has 1 aromatic rings. The van der Waals surface area contributed by atoms with Gasteiger partial charge in [-0.3, -0.25) is 0 Å². The van der Waals surface area contributed by atoms with Gasteiger partial charge in [0.25, 0.3) is 0 Å². The van der Waals surface area contributed by atoms with Gasteiger partial charge in [0.05, 0.1) is 6.61 Å². The van der Waals surface area contributed by atoms with Crippen molar-refractivity contribution in [3.8, 4) is 5.75 Å². The second kappa shape index (κ2) is 7.04. The second-order valence-corrected chi connectivity index (χ2v) is 4.01. The molecule has 1 aromatic carbocycles. The van der Waals surface area contributed by atoms with Gasteiger partial charge in [-0.2, -0.15) is 0 Å². The highest BCUT2D eigenvalue weighted by Gasteiger charge is 2.03. The number of unbranched alkanes of at least 4 members (excludes halogenated alkanes) is 1. The molecule has 0 aliphatic heterocycles. The number of rotatable bonds is 7. The lowest BCUT2D eigenvalue weighted by atomic mass is 10.1. The predicted octanol–water partition coefficient (Wildman–Crippen LogP) is 3.39. The van der Waals surface area contributed by atoms with Gasteiger partial charge in [0.1, 0.15) is 11.5 Å². The summed E-state index contributed by atoms with van der Waals surface area (Å²) >= 11 is 0. The molecule has 0 aromatic heterocycles. The Morgan fingerprint density at radius 1 is 1.31 bits per heavy atom. The minimum absolute atomic E-state index is 0.225. The lowest BCUT2D eigenvalue weighted by molar-refractivity contribution is -0.116. The Hall–Kier alpha value is -1.31. The zero-order chi connectivity index (χ0) is 11.8. The Kier molecular flexibility index (Phi) is 5.62. The SMILES string of the molecule is CCCCOc1ccccc1CCC(C)=O. The maximum Gasteiger partial charge on any atom is 0.130 e. The van der Waals surface area contributed by atoms with Gasteiger partial charge in [-0.1, -0.05) is 31.5 Å². The average Bonchev–Trinajstić information content (AvgIpc) is 2.28. The molecule has 2 heteroatoms. The molecule has 1 rings (SSSR count). The van der Waals surface area contributed by atoms with Crippen LogP contribution in [0.3, 0.4) is 0 Å². The third-order valence-corrected chi connectivity index (χ3v) is 2.47. The van der Waals surface area contributed by atoms with E-state index in [2.05, 4.69) is 6.92 Å². The first-order valence-electron chi connectivity index (χ1n) is 5.94. The number of ketones is 1. The molecule has 0 saturated carbocycles. The molecule has 0 aliphatic carbocycles. The van der Waals surface area contributed by atoms with Gasteiger partial charge in [-0.15, -0.1) is 0 Å². The summed E-state index contributed by atoms with van der Waals surface area (Å²) in [5.74, 6) is 1.15. The lowest BCUT2D eigenvalue weighted by Crippen LogP contribution is -2.01. The Balaban J connectivity index is 2.56. The van der Waals surface area contributed by atoms with Crippen molar-refractivity contribution in [3.63, 3.8) is 0 Å². The standard InChI is InChI=1S/C14H20O2/c1-3-4-11-16-14-8-6-5-7-13(14)10-9-12(2)15/h5-8H,3-4,9-11H2,1-2H3. The number of benzene rings is 1. The number of hydrogen-bond acceptors (Lipinski definition) is 2. The van der Waals surface area contributed by atoms with Crippen LogP contribution in [0.2, 0.25) is 0 Å². The van der Waals surface area contributed by atoms with Crippen molar-refractivity contribution in [1.29, 1.82) is 0 Å². The second-order valence-electron chi connectivity index (χ2n) is 4.01. The summed E-state index contributed by atoms with van der Waals surface area (Å²) in [7, 11) is 0. The molecule has 0 aliphatic rings. The molecule has 0 bridgehead atoms. The van der Waals surface area contributed by atoms with Crippen LogP contribution >= 0.6 is 0 Å². The number of hydrogen-bond donors (Lipinski definition) is 0. The normalized spacial score (nSPS) is 10.1. The Morgan fingerprint density at radius 2 is 2.06 bits per heavy atom. The van der Waals surface area contributed by atoms with Crippen LogP contribution in [0.1, 0.15) is 38.7 Å². The first-order chi connectivity index (χ1) is 7.74. The van der Waals surface area contributed by atoms with Crippen molar-refractivity contribution >= 4 is 5.78 Å². The molecular formula is C14H20O2. The molecule has 0 amide bonds. The molecule has 0 atom stereocenters. The zero-order valence-corrected chi connectivity index (χ0v) is 10.2. The summed E-state index contributed by atoms with van der Waals surface area (Å²) in [5.41, 5.74) is 1.13. The van der Waals surface area contributed by atoms with Crippen LogP contribution in [0.5, 0.6) is 5.75 Å². The fourth-order valence-electron chi connectivity index (χ4n) is 1.49. The highest BCUT2D eigenvalue weighted by Crippen LogP contribution is 2.19. The number of aryl methyl sites for hydroxylation is 1. The van der Waals surface area contributed by atoms with E-state index in [1.54, 1.807) is 6.92 Å². The summed E-state index contributed by atoms with van der Waals surface area (Å²) in [6.07, 6.45) is 3.57. The quantitative estimate of drug-likeness (QED) is 0.658. The summed E-state index contributed by atoms with van der Waals surface area (Å²) in [4.78, 5) is 10.9. The third-order valence-electron chi connectivity index (χ3n) is 2.47. The van der Waals surface area contributed by atoms with Crippen LogP contribution in [0, 0.1) is 0 Å². The van der Waals surface area contributed by atoms with E-state index in [1.165, 1.54) is 0 Å². The molecule has 0 unspecified atom stereocenters. The minimum atomic E-state index is 0.225. The molecule has 2 nitrogen and oxygen atoms in total. The van der Waals surface area contributed by atoms with Gasteiger partial charge < -0.3 is 9.53 Å². The number of para-hydroxylation sites is 1. The van der Waals surface area contributed by atoms with E-state index in [-0.39, 0.29) is 5.78 Å². The first-order valence-corrected chi connectivity index (χ1v) is 5.94. The van der Waals surface area contributed by atoms with Crippen LogP contribution < -0.4 is 4.74 Å². The Bertz CT molecular complexity index is 331. The summed E-state index contributed by atoms with van der Waals surface area (Å²) in [6, 6.07) is 7.97. The van der Waals surface area contributed by atoms with Gasteiger partial charge in [0, 0.05) is 6.42 Å². The molecule has 0 heterocycles. The van der Waals surface area contributed by atoms with Crippen LogP contribution in [0.25, 0.3) is 0 Å². The van der Waals surface area contributed by atoms with Crippen molar-refractivity contribution in [2.75, 3.05) is 6.61 Å². The van der Waals surface area contributed by atoms with Crippen molar-refractivity contribution in [2.24, 2.45) is 0 Å². The van der Waals surface area contributed by atoms with Crippen molar-refractivity contribution in [1.82, 2.24) is 0 Å². The fourth-order valence-corrected chi connectivity index (χ4v) is 1.49. The summed E-state index contributed by atoms with van der Waals surface area (Å²) < 4.78 is 5.70. The zero-order valence-electron chi connectivity index (χ0n) is 10.2. The van der Waals surface area contributed by atoms with E-state index in [0.29, 0.717) is 6.42 Å². The largest absolute Gasteiger partial charge is 0.493 e. The number of Topliss-reactive ketones (excluding diaryl/α,β-unsaturated/α-hetero) is 1. The lowest BCUT2D eigenvalue weighted by Gasteiger charge is -2.10. The summed E-state index contributed by atoms with van der Waals surface area (Å²) in [5, 5.41) is 0. The van der Waals surface area contributed by atoms with E-state index in [0.717, 1.165) is 37.2 Å². The van der Waals surface area contributed by atoms with Gasteiger partial charge in [0.2, 0.25) is 0 Å². The minimum Gasteiger partial charge on any atom is -0.493 e. The summed E-state index contributed by atoms with van der Waals surface area (Å²) in [6.45, 7) is 4.53. The van der Waals surface area contributed by atoms with E-state index in [4.69, 9.17) is 4.74 Å². The van der Waals surface area contributed by atoms with E-state index >= 15 is 0 Å². The van der Waals surface area contributed by atoms with Crippen molar-refractivity contribution in [2.45, 2.75) is 39.5 Å². The Morgan fingerprint density at radius 3 is 2.75 bits per heavy atom. The molecule has 0 fully saturated rings. The van der Waals surface area contributed by atoms with E-state index < -0.39 is 0 Å². The molecule has 16 heavy (non-hydrogen) atoms. The number of carbonyl (C=O) groups is 1. The first kappa shape index (κ1) is 12.8. The third kappa shape index (κ3) is 4.47. The topological polar surface area (TPSA) is 26.3 Å². The van der Waals surface area contributed by atoms with Crippen LogP contribution in [-0.4, -0.2) is 12.4 Å². The van der Waals surface area contributed by atoms with Crippen molar-refractivity contribution in [3.05, 3.63) is 29.8 Å².